The standard InChI is InChI=1S/C22H32N6O3/c1-21(2,3)16(18(29)24-4)22(20(23)31)15-13-27(5)11-12-28(15)17(26-22)19(30)25-14-9-7-6-8-10-14/h6-10,15-16H,11-13H2,1-5H3,(H2,23,31)(H,24,29)(H,25,30). The quantitative estimate of drug-likeness (QED) is 0.622. The van der Waals surface area contributed by atoms with E-state index < -0.39 is 34.7 Å². The molecule has 2 aliphatic rings. The summed E-state index contributed by atoms with van der Waals surface area (Å²) in [7, 11) is 3.47. The highest BCUT2D eigenvalue weighted by molar-refractivity contribution is 6.43. The van der Waals surface area contributed by atoms with E-state index in [0.717, 1.165) is 0 Å². The first-order valence-electron chi connectivity index (χ1n) is 10.4. The van der Waals surface area contributed by atoms with Gasteiger partial charge >= 0.3 is 0 Å². The average molecular weight is 429 g/mol. The second kappa shape index (κ2) is 8.30. The minimum atomic E-state index is -1.57. The normalized spacial score (nSPS) is 24.7. The van der Waals surface area contributed by atoms with Crippen molar-refractivity contribution in [1.82, 2.24) is 15.1 Å². The highest BCUT2D eigenvalue weighted by atomic mass is 16.2. The number of piperazine rings is 1. The molecule has 3 amide bonds. The van der Waals surface area contributed by atoms with E-state index in [4.69, 9.17) is 10.7 Å². The number of carbonyl (C=O) groups is 3. The number of benzene rings is 1. The topological polar surface area (TPSA) is 120 Å². The van der Waals surface area contributed by atoms with Crippen LogP contribution in [0.15, 0.2) is 35.3 Å². The van der Waals surface area contributed by atoms with Crippen molar-refractivity contribution in [3.8, 4) is 0 Å². The number of carbonyl (C=O) groups excluding carboxylic acids is 3. The molecule has 9 nitrogen and oxygen atoms in total. The van der Waals surface area contributed by atoms with Crippen molar-refractivity contribution >= 4 is 29.2 Å². The van der Waals surface area contributed by atoms with Gasteiger partial charge in [0.25, 0.3) is 5.91 Å². The summed E-state index contributed by atoms with van der Waals surface area (Å²) in [6.07, 6.45) is 0. The van der Waals surface area contributed by atoms with Crippen LogP contribution in [0.2, 0.25) is 0 Å². The van der Waals surface area contributed by atoms with E-state index in [1.165, 1.54) is 7.05 Å². The average Bonchev–Trinajstić information content (AvgIpc) is 3.03. The van der Waals surface area contributed by atoms with Gasteiger partial charge in [-0.25, -0.2) is 4.99 Å². The number of aliphatic imine (C=N–C) groups is 1. The van der Waals surface area contributed by atoms with Crippen molar-refractivity contribution in [2.24, 2.45) is 22.1 Å². The molecular formula is C22H32N6O3. The molecule has 1 aromatic rings. The number of likely N-dealkylation sites (N-methyl/N-ethyl adjacent to an activating group) is 1. The molecular weight excluding hydrogens is 396 g/mol. The van der Waals surface area contributed by atoms with Gasteiger partial charge in [0, 0.05) is 32.4 Å². The Balaban J connectivity index is 2.14. The van der Waals surface area contributed by atoms with Crippen LogP contribution in [-0.2, 0) is 14.4 Å². The lowest BCUT2D eigenvalue weighted by Crippen LogP contribution is -2.68. The third-order valence-corrected chi connectivity index (χ3v) is 6.10. The molecule has 3 rings (SSSR count). The first kappa shape index (κ1) is 22.7. The van der Waals surface area contributed by atoms with Crippen LogP contribution >= 0.6 is 0 Å². The molecule has 0 bridgehead atoms. The van der Waals surface area contributed by atoms with Crippen LogP contribution in [0.1, 0.15) is 20.8 Å². The maximum atomic E-state index is 13.2. The van der Waals surface area contributed by atoms with Crippen molar-refractivity contribution < 1.29 is 14.4 Å². The Bertz CT molecular complexity index is 894. The fourth-order valence-corrected chi connectivity index (χ4v) is 4.77. The Morgan fingerprint density at radius 2 is 1.84 bits per heavy atom. The molecule has 1 saturated heterocycles. The van der Waals surface area contributed by atoms with Gasteiger partial charge in [-0.15, -0.1) is 0 Å². The Labute approximate surface area is 183 Å². The van der Waals surface area contributed by atoms with E-state index in [-0.39, 0.29) is 11.7 Å². The number of anilines is 1. The molecule has 3 atom stereocenters. The lowest BCUT2D eigenvalue weighted by atomic mass is 9.64. The maximum Gasteiger partial charge on any atom is 0.290 e. The highest BCUT2D eigenvalue weighted by Gasteiger charge is 2.64. The molecule has 1 aromatic carbocycles. The van der Waals surface area contributed by atoms with Crippen molar-refractivity contribution in [1.29, 1.82) is 0 Å². The van der Waals surface area contributed by atoms with Crippen LogP contribution < -0.4 is 16.4 Å². The second-order valence-electron chi connectivity index (χ2n) is 9.33. The van der Waals surface area contributed by atoms with Crippen LogP contribution in [0.5, 0.6) is 0 Å². The molecule has 2 aliphatic heterocycles. The van der Waals surface area contributed by atoms with E-state index in [9.17, 15) is 14.4 Å². The molecule has 0 aliphatic carbocycles. The van der Waals surface area contributed by atoms with E-state index in [0.29, 0.717) is 25.3 Å². The van der Waals surface area contributed by atoms with Crippen LogP contribution in [0.3, 0.4) is 0 Å². The molecule has 0 saturated carbocycles. The van der Waals surface area contributed by atoms with E-state index in [1.54, 1.807) is 12.1 Å². The maximum absolute atomic E-state index is 13.2. The van der Waals surface area contributed by atoms with Crippen molar-refractivity contribution in [2.45, 2.75) is 32.4 Å². The molecule has 9 heteroatoms. The van der Waals surface area contributed by atoms with Crippen LogP contribution in [0, 0.1) is 11.3 Å². The molecule has 1 fully saturated rings. The molecule has 0 spiro atoms. The summed E-state index contributed by atoms with van der Waals surface area (Å²) in [6.45, 7) is 7.30. The third kappa shape index (κ3) is 4.01. The summed E-state index contributed by atoms with van der Waals surface area (Å²) in [5, 5.41) is 5.52. The smallest absolute Gasteiger partial charge is 0.290 e. The van der Waals surface area contributed by atoms with Gasteiger partial charge in [0.05, 0.1) is 12.0 Å². The summed E-state index contributed by atoms with van der Waals surface area (Å²) >= 11 is 0. The molecule has 2 heterocycles. The molecule has 168 valence electrons. The number of nitrogens with zero attached hydrogens (tertiary/aromatic N) is 3. The Kier molecular flexibility index (Phi) is 6.09. The largest absolute Gasteiger partial charge is 0.367 e. The summed E-state index contributed by atoms with van der Waals surface area (Å²) in [5.41, 5.74) is 4.40. The Morgan fingerprint density at radius 1 is 1.19 bits per heavy atom. The number of amides is 3. The zero-order chi connectivity index (χ0) is 23.0. The summed E-state index contributed by atoms with van der Waals surface area (Å²) in [4.78, 5) is 48.0. The van der Waals surface area contributed by atoms with Gasteiger partial charge in [-0.2, -0.15) is 0 Å². The number of amidine groups is 1. The number of hydrogen-bond donors (Lipinski definition) is 3. The molecule has 3 unspecified atom stereocenters. The zero-order valence-corrected chi connectivity index (χ0v) is 18.8. The minimum Gasteiger partial charge on any atom is -0.367 e. The SMILES string of the molecule is CNC(=O)C(C(C)(C)C)C1(C(N)=O)N=C(C(=O)Nc2ccccc2)N2CCN(C)CC21. The van der Waals surface area contributed by atoms with Crippen LogP contribution in [0.4, 0.5) is 5.69 Å². The molecule has 31 heavy (non-hydrogen) atoms. The third-order valence-electron chi connectivity index (χ3n) is 6.10. The number of rotatable bonds is 5. The predicted molar refractivity (Wildman–Crippen MR) is 119 cm³/mol. The number of nitrogens with one attached hydrogen (secondary N) is 2. The van der Waals surface area contributed by atoms with Gasteiger partial charge in [-0.05, 0) is 24.6 Å². The van der Waals surface area contributed by atoms with Crippen LogP contribution in [0.25, 0.3) is 0 Å². The lowest BCUT2D eigenvalue weighted by molar-refractivity contribution is -0.141. The van der Waals surface area contributed by atoms with Gasteiger partial charge in [0.2, 0.25) is 11.8 Å². The molecule has 0 radical (unpaired) electrons. The minimum absolute atomic E-state index is 0.138. The van der Waals surface area contributed by atoms with E-state index in [2.05, 4.69) is 15.5 Å². The lowest BCUT2D eigenvalue weighted by Gasteiger charge is -2.47. The summed E-state index contributed by atoms with van der Waals surface area (Å²) in [5.74, 6) is -2.17. The summed E-state index contributed by atoms with van der Waals surface area (Å²) < 4.78 is 0. The number of primary amides is 1. The monoisotopic (exact) mass is 428 g/mol. The fourth-order valence-electron chi connectivity index (χ4n) is 4.77. The van der Waals surface area contributed by atoms with Crippen molar-refractivity contribution in [2.75, 3.05) is 39.0 Å². The Morgan fingerprint density at radius 3 is 2.39 bits per heavy atom. The first-order chi connectivity index (χ1) is 14.5. The van der Waals surface area contributed by atoms with Gasteiger partial charge in [-0.1, -0.05) is 39.0 Å². The van der Waals surface area contributed by atoms with Gasteiger partial charge in [-0.3, -0.25) is 14.4 Å². The van der Waals surface area contributed by atoms with Crippen LogP contribution in [-0.4, -0.2) is 78.7 Å². The van der Waals surface area contributed by atoms with Crippen molar-refractivity contribution in [3.05, 3.63) is 30.3 Å². The second-order valence-corrected chi connectivity index (χ2v) is 9.33. The first-order valence-corrected chi connectivity index (χ1v) is 10.4. The number of fused-ring (bicyclic) bond motifs is 1. The number of nitrogens with two attached hydrogens (primary N) is 1. The van der Waals surface area contributed by atoms with Gasteiger partial charge in [0.15, 0.2) is 11.4 Å². The highest BCUT2D eigenvalue weighted by Crippen LogP contribution is 2.45. The van der Waals surface area contributed by atoms with Gasteiger partial charge < -0.3 is 26.2 Å². The predicted octanol–water partition coefficient (Wildman–Crippen LogP) is 0.286. The van der Waals surface area contributed by atoms with E-state index >= 15 is 0 Å². The fraction of sp³-hybridized carbons (Fsp3) is 0.545. The number of hydrogen-bond acceptors (Lipinski definition) is 6. The van der Waals surface area contributed by atoms with Crippen molar-refractivity contribution in [3.63, 3.8) is 0 Å². The van der Waals surface area contributed by atoms with Gasteiger partial charge in [0.1, 0.15) is 0 Å². The zero-order valence-electron chi connectivity index (χ0n) is 18.8. The Hall–Kier alpha value is -2.94. The number of para-hydroxylation sites is 1. The molecule has 4 N–H and O–H groups in total. The molecule has 0 aromatic heterocycles. The van der Waals surface area contributed by atoms with E-state index in [1.807, 2.05) is 50.9 Å². The summed E-state index contributed by atoms with van der Waals surface area (Å²) in [6, 6.07) is 8.52.